The van der Waals surface area contributed by atoms with E-state index in [0.29, 0.717) is 25.8 Å². The Bertz CT molecular complexity index is 1710. The lowest BCUT2D eigenvalue weighted by molar-refractivity contribution is -0.253. The van der Waals surface area contributed by atoms with E-state index in [4.69, 9.17) is 14.6 Å². The predicted molar refractivity (Wildman–Crippen MR) is 201 cm³/mol. The van der Waals surface area contributed by atoms with Gasteiger partial charge in [-0.2, -0.15) is 0 Å². The first kappa shape index (κ1) is 37.4. The molecule has 0 bridgehead atoms. The molecule has 9 heteroatoms. The summed E-state index contributed by atoms with van der Waals surface area (Å²) in [6.45, 7) is 6.27. The monoisotopic (exact) mass is 705 g/mol. The first-order chi connectivity index (χ1) is 25.4. The number of ether oxygens (including phenoxy) is 2. The van der Waals surface area contributed by atoms with Gasteiger partial charge >= 0.3 is 5.97 Å². The van der Waals surface area contributed by atoms with Crippen molar-refractivity contribution in [2.45, 2.75) is 76.7 Å². The number of piperazine rings is 1. The minimum Gasteiger partial charge on any atom is -0.481 e. The van der Waals surface area contributed by atoms with Crippen LogP contribution in [0.4, 0.5) is 0 Å². The van der Waals surface area contributed by atoms with Crippen molar-refractivity contribution >= 4 is 11.9 Å². The van der Waals surface area contributed by atoms with Gasteiger partial charge in [-0.25, -0.2) is 0 Å². The zero-order valence-corrected chi connectivity index (χ0v) is 29.9. The zero-order valence-electron chi connectivity index (χ0n) is 29.9. The zero-order chi connectivity index (χ0) is 36.1. The number of unbranched alkanes of at least 4 members (excludes halogenated alkanes) is 2. The van der Waals surface area contributed by atoms with Gasteiger partial charge in [-0.15, -0.1) is 0 Å². The van der Waals surface area contributed by atoms with E-state index in [1.165, 1.54) is 5.56 Å². The minimum atomic E-state index is -0.800. The van der Waals surface area contributed by atoms with Gasteiger partial charge in [-0.3, -0.25) is 19.4 Å². The standard InChI is InChI=1S/C43H51N3O6/c47-31-33-15-17-35(18-16-33)40-27-38(30-46-25-23-45(24-26-46)29-32-9-3-1-4-10-32)51-43(52-40)36-21-19-34(20-22-36)39-12-8-7-11-37(39)28-44-41(48)13-5-2-6-14-42(49)50/h1,3-4,7-12,15-22,38,40,43,47H,2,5-6,13-14,23-31H2,(H,44,48)(H,49,50)/t38-,40+,43+/m1/s1. The summed E-state index contributed by atoms with van der Waals surface area (Å²) in [5.74, 6) is -0.831. The number of nitrogens with zero attached hydrogens (tertiary/aromatic N) is 2. The average molecular weight is 706 g/mol. The molecule has 4 aromatic carbocycles. The molecule has 4 aromatic rings. The molecule has 0 unspecified atom stereocenters. The summed E-state index contributed by atoms with van der Waals surface area (Å²) < 4.78 is 13.3. The van der Waals surface area contributed by atoms with Crippen molar-refractivity contribution in [1.29, 1.82) is 0 Å². The van der Waals surface area contributed by atoms with Crippen molar-refractivity contribution in [2.24, 2.45) is 0 Å². The Kier molecular flexibility index (Phi) is 13.6. The summed E-state index contributed by atoms with van der Waals surface area (Å²) in [5.41, 5.74) is 7.37. The molecule has 3 N–H and O–H groups in total. The van der Waals surface area contributed by atoms with E-state index in [1.807, 2.05) is 30.3 Å². The lowest BCUT2D eigenvalue weighted by atomic mass is 9.97. The maximum absolute atomic E-state index is 12.5. The average Bonchev–Trinajstić information content (AvgIpc) is 3.18. The summed E-state index contributed by atoms with van der Waals surface area (Å²) in [7, 11) is 0. The number of carbonyl (C=O) groups excluding carboxylic acids is 1. The summed E-state index contributed by atoms with van der Waals surface area (Å²) in [6, 6.07) is 35.1. The Labute approximate surface area is 307 Å². The fraction of sp³-hybridized carbons (Fsp3) is 0.395. The third kappa shape index (κ3) is 10.8. The number of carboxylic acids is 1. The van der Waals surface area contributed by atoms with Gasteiger partial charge in [0.15, 0.2) is 6.29 Å². The van der Waals surface area contributed by atoms with Crippen LogP contribution < -0.4 is 5.32 Å². The van der Waals surface area contributed by atoms with Crippen molar-refractivity contribution in [3.05, 3.63) is 131 Å². The maximum Gasteiger partial charge on any atom is 0.303 e. The Morgan fingerprint density at radius 1 is 0.712 bits per heavy atom. The summed E-state index contributed by atoms with van der Waals surface area (Å²) in [4.78, 5) is 28.3. The number of carbonyl (C=O) groups is 2. The number of carboxylic acid groups (broad SMARTS) is 1. The number of hydrogen-bond acceptors (Lipinski definition) is 7. The number of aliphatic hydroxyl groups excluding tert-OH is 1. The van der Waals surface area contributed by atoms with Crippen molar-refractivity contribution in [3.8, 4) is 11.1 Å². The first-order valence-electron chi connectivity index (χ1n) is 18.6. The number of aliphatic hydroxyl groups is 1. The van der Waals surface area contributed by atoms with E-state index < -0.39 is 12.3 Å². The van der Waals surface area contributed by atoms with E-state index in [-0.39, 0.29) is 31.1 Å². The SMILES string of the molecule is O=C(O)CCCCCC(=O)NCc1ccccc1-c1ccc([C@H]2O[C@@H](CN3CCN(Cc4ccccc4)CC3)C[C@@H](c3ccc(CO)cc3)O2)cc1. The van der Waals surface area contributed by atoms with Gasteiger partial charge < -0.3 is 25.0 Å². The highest BCUT2D eigenvalue weighted by Crippen LogP contribution is 2.39. The molecular formula is C43H51N3O6. The second-order valence-electron chi connectivity index (χ2n) is 13.9. The topological polar surface area (TPSA) is 112 Å². The number of hydrogen-bond donors (Lipinski definition) is 3. The van der Waals surface area contributed by atoms with Crippen LogP contribution in [0.5, 0.6) is 0 Å². The molecule has 1 amide bonds. The van der Waals surface area contributed by atoms with Crippen LogP contribution in [-0.2, 0) is 38.8 Å². The first-order valence-corrected chi connectivity index (χ1v) is 18.6. The normalized spacial score (nSPS) is 19.7. The van der Waals surface area contributed by atoms with Crippen molar-refractivity contribution < 1.29 is 29.3 Å². The van der Waals surface area contributed by atoms with E-state index in [2.05, 4.69) is 87.9 Å². The van der Waals surface area contributed by atoms with Gasteiger partial charge in [0.25, 0.3) is 0 Å². The molecule has 0 aliphatic carbocycles. The van der Waals surface area contributed by atoms with Crippen molar-refractivity contribution in [2.75, 3.05) is 32.7 Å². The molecule has 0 radical (unpaired) electrons. The number of amides is 1. The second kappa shape index (κ2) is 18.9. The van der Waals surface area contributed by atoms with E-state index >= 15 is 0 Å². The minimum absolute atomic E-state index is 0.00838. The molecule has 0 aromatic heterocycles. The van der Waals surface area contributed by atoms with Crippen LogP contribution in [-0.4, -0.2) is 70.7 Å². The summed E-state index contributed by atoms with van der Waals surface area (Å²) in [6.07, 6.45) is 2.58. The van der Waals surface area contributed by atoms with Crippen LogP contribution in [0.2, 0.25) is 0 Å². The van der Waals surface area contributed by atoms with Gasteiger partial charge in [-0.1, -0.05) is 110 Å². The fourth-order valence-electron chi connectivity index (χ4n) is 7.09. The number of rotatable bonds is 16. The highest BCUT2D eigenvalue weighted by atomic mass is 16.7. The number of benzene rings is 4. The van der Waals surface area contributed by atoms with E-state index in [1.54, 1.807) is 0 Å². The van der Waals surface area contributed by atoms with Gasteiger partial charge in [0.1, 0.15) is 0 Å². The molecule has 2 fully saturated rings. The van der Waals surface area contributed by atoms with Crippen molar-refractivity contribution in [1.82, 2.24) is 15.1 Å². The predicted octanol–water partition coefficient (Wildman–Crippen LogP) is 6.86. The van der Waals surface area contributed by atoms with Gasteiger partial charge in [-0.05, 0) is 46.2 Å². The largest absolute Gasteiger partial charge is 0.481 e. The molecule has 0 saturated carbocycles. The molecule has 274 valence electrons. The fourth-order valence-corrected chi connectivity index (χ4v) is 7.09. The lowest BCUT2D eigenvalue weighted by Gasteiger charge is -2.40. The summed E-state index contributed by atoms with van der Waals surface area (Å²) in [5, 5.41) is 21.4. The maximum atomic E-state index is 12.5. The van der Waals surface area contributed by atoms with Crippen LogP contribution in [0.25, 0.3) is 11.1 Å². The van der Waals surface area contributed by atoms with Crippen LogP contribution >= 0.6 is 0 Å². The smallest absolute Gasteiger partial charge is 0.303 e. The van der Waals surface area contributed by atoms with Crippen LogP contribution in [0.1, 0.15) is 78.7 Å². The molecule has 6 rings (SSSR count). The molecule has 3 atom stereocenters. The number of aliphatic carboxylic acids is 1. The van der Waals surface area contributed by atoms with E-state index in [9.17, 15) is 14.7 Å². The second-order valence-corrected chi connectivity index (χ2v) is 13.9. The highest BCUT2D eigenvalue weighted by molar-refractivity contribution is 5.76. The third-order valence-corrected chi connectivity index (χ3v) is 10.1. The Morgan fingerprint density at radius 2 is 1.38 bits per heavy atom. The molecule has 52 heavy (non-hydrogen) atoms. The third-order valence-electron chi connectivity index (χ3n) is 10.1. The van der Waals surface area contributed by atoms with E-state index in [0.717, 1.165) is 85.5 Å². The molecule has 0 spiro atoms. The van der Waals surface area contributed by atoms with Crippen LogP contribution in [0.15, 0.2) is 103 Å². The van der Waals surface area contributed by atoms with Gasteiger partial charge in [0, 0.05) is 70.6 Å². The Hall–Kier alpha value is -4.38. The molecule has 2 aliphatic rings. The summed E-state index contributed by atoms with van der Waals surface area (Å²) >= 11 is 0. The molecule has 2 aliphatic heterocycles. The quantitative estimate of drug-likeness (QED) is 0.109. The Balaban J connectivity index is 1.09. The Morgan fingerprint density at radius 3 is 2.12 bits per heavy atom. The molecule has 2 saturated heterocycles. The highest BCUT2D eigenvalue weighted by Gasteiger charge is 2.34. The molecule has 2 heterocycles. The molecule has 9 nitrogen and oxygen atoms in total. The van der Waals surface area contributed by atoms with Crippen LogP contribution in [0.3, 0.4) is 0 Å². The van der Waals surface area contributed by atoms with Crippen LogP contribution in [0, 0.1) is 0 Å². The van der Waals surface area contributed by atoms with Crippen molar-refractivity contribution in [3.63, 3.8) is 0 Å². The molecular weight excluding hydrogens is 654 g/mol. The number of nitrogens with one attached hydrogen (secondary N) is 1. The van der Waals surface area contributed by atoms with Gasteiger partial charge in [0.2, 0.25) is 5.91 Å². The van der Waals surface area contributed by atoms with Gasteiger partial charge in [0.05, 0.1) is 18.8 Å². The lowest BCUT2D eigenvalue weighted by Crippen LogP contribution is -2.49.